The molecule has 1 nitrogen and oxygen atoms in total. The van der Waals surface area contributed by atoms with Gasteiger partial charge in [0.25, 0.3) is 0 Å². The van der Waals surface area contributed by atoms with Crippen LogP contribution in [0.15, 0.2) is 30.3 Å². The molecule has 0 bridgehead atoms. The van der Waals surface area contributed by atoms with Crippen LogP contribution in [-0.2, 0) is 6.42 Å². The summed E-state index contributed by atoms with van der Waals surface area (Å²) in [5.41, 5.74) is 1.48. The lowest BCUT2D eigenvalue weighted by Gasteiger charge is -2.31. The Kier molecular flexibility index (Phi) is 6.43. The van der Waals surface area contributed by atoms with E-state index in [1.54, 1.807) is 0 Å². The molecule has 2 unspecified atom stereocenters. The van der Waals surface area contributed by atoms with Crippen molar-refractivity contribution in [2.75, 3.05) is 6.54 Å². The van der Waals surface area contributed by atoms with Crippen molar-refractivity contribution in [1.29, 1.82) is 0 Å². The number of hydrogen-bond acceptors (Lipinski definition) is 1. The zero-order valence-electron chi connectivity index (χ0n) is 12.4. The Bertz CT molecular complexity index is 333. The van der Waals surface area contributed by atoms with Gasteiger partial charge in [-0.15, -0.1) is 0 Å². The normalized spacial score (nSPS) is 23.4. The molecular formula is C18H29N. The third kappa shape index (κ3) is 4.99. The van der Waals surface area contributed by atoms with Crippen molar-refractivity contribution < 1.29 is 0 Å². The predicted octanol–water partition coefficient (Wildman–Crippen LogP) is 4.57. The van der Waals surface area contributed by atoms with Gasteiger partial charge in [0.15, 0.2) is 0 Å². The van der Waals surface area contributed by atoms with Gasteiger partial charge in [0.1, 0.15) is 0 Å². The van der Waals surface area contributed by atoms with Crippen LogP contribution in [0.3, 0.4) is 0 Å². The summed E-state index contributed by atoms with van der Waals surface area (Å²) < 4.78 is 0. The van der Waals surface area contributed by atoms with E-state index >= 15 is 0 Å². The van der Waals surface area contributed by atoms with Gasteiger partial charge in [0.2, 0.25) is 0 Å². The van der Waals surface area contributed by atoms with Gasteiger partial charge in [0.05, 0.1) is 0 Å². The van der Waals surface area contributed by atoms with Gasteiger partial charge < -0.3 is 5.32 Å². The molecule has 1 fully saturated rings. The lowest BCUT2D eigenvalue weighted by atomic mass is 9.83. The fourth-order valence-corrected chi connectivity index (χ4v) is 3.35. The quantitative estimate of drug-likeness (QED) is 0.707. The number of aryl methyl sites for hydroxylation is 1. The van der Waals surface area contributed by atoms with Gasteiger partial charge in [0, 0.05) is 6.04 Å². The molecule has 1 saturated carbocycles. The highest BCUT2D eigenvalue weighted by molar-refractivity contribution is 5.14. The highest BCUT2D eigenvalue weighted by Gasteiger charge is 2.22. The first kappa shape index (κ1) is 14.6. The van der Waals surface area contributed by atoms with Crippen LogP contribution in [-0.4, -0.2) is 12.6 Å². The monoisotopic (exact) mass is 259 g/mol. The first-order valence-corrected chi connectivity index (χ1v) is 8.17. The summed E-state index contributed by atoms with van der Waals surface area (Å²) in [4.78, 5) is 0. The minimum absolute atomic E-state index is 0.801. The van der Waals surface area contributed by atoms with E-state index < -0.39 is 0 Å². The summed E-state index contributed by atoms with van der Waals surface area (Å²) in [7, 11) is 0. The maximum absolute atomic E-state index is 3.81. The fourth-order valence-electron chi connectivity index (χ4n) is 3.35. The molecule has 0 radical (unpaired) electrons. The molecule has 0 aromatic heterocycles. The molecule has 1 aromatic rings. The van der Waals surface area contributed by atoms with Crippen molar-refractivity contribution in [3.63, 3.8) is 0 Å². The molecular weight excluding hydrogens is 230 g/mol. The van der Waals surface area contributed by atoms with Crippen LogP contribution in [0.1, 0.15) is 57.4 Å². The molecule has 0 aliphatic heterocycles. The first-order chi connectivity index (χ1) is 9.40. The molecule has 19 heavy (non-hydrogen) atoms. The van der Waals surface area contributed by atoms with Gasteiger partial charge in [-0.1, -0.05) is 56.5 Å². The second-order valence-electron chi connectivity index (χ2n) is 5.96. The highest BCUT2D eigenvalue weighted by Crippen LogP contribution is 2.26. The standard InChI is InChI=1S/C18H29N/c1-2-17-13-6-7-14-18(17)19-15-9-8-12-16-10-4-3-5-11-16/h3-5,10-11,17-19H,2,6-9,12-15H2,1H3. The number of unbranched alkanes of at least 4 members (excludes halogenated alkanes) is 1. The average molecular weight is 259 g/mol. The molecule has 0 saturated heterocycles. The molecule has 1 heteroatoms. The SMILES string of the molecule is CCC1CCCCC1NCCCCc1ccccc1. The Hall–Kier alpha value is -0.820. The van der Waals surface area contributed by atoms with Gasteiger partial charge >= 0.3 is 0 Å². The predicted molar refractivity (Wildman–Crippen MR) is 83.4 cm³/mol. The van der Waals surface area contributed by atoms with Crippen LogP contribution in [0.2, 0.25) is 0 Å². The third-order valence-corrected chi connectivity index (χ3v) is 4.58. The van der Waals surface area contributed by atoms with Gasteiger partial charge in [-0.05, 0) is 50.1 Å². The largest absolute Gasteiger partial charge is 0.314 e. The van der Waals surface area contributed by atoms with Gasteiger partial charge in [-0.3, -0.25) is 0 Å². The van der Waals surface area contributed by atoms with E-state index in [9.17, 15) is 0 Å². The molecule has 2 rings (SSSR count). The molecule has 0 amide bonds. The summed E-state index contributed by atoms with van der Waals surface area (Å²) in [5, 5.41) is 3.81. The summed E-state index contributed by atoms with van der Waals surface area (Å²) in [6.07, 6.45) is 10.9. The molecule has 1 aliphatic rings. The Morgan fingerprint density at radius 3 is 2.63 bits per heavy atom. The minimum Gasteiger partial charge on any atom is -0.314 e. The van der Waals surface area contributed by atoms with Gasteiger partial charge in [-0.25, -0.2) is 0 Å². The van der Waals surface area contributed by atoms with Crippen LogP contribution in [0.4, 0.5) is 0 Å². The second-order valence-corrected chi connectivity index (χ2v) is 5.96. The van der Waals surface area contributed by atoms with E-state index in [1.807, 2.05) is 0 Å². The molecule has 1 N–H and O–H groups in total. The summed E-state index contributed by atoms with van der Waals surface area (Å²) >= 11 is 0. The van der Waals surface area contributed by atoms with Crippen molar-refractivity contribution in [3.8, 4) is 0 Å². The number of nitrogens with one attached hydrogen (secondary N) is 1. The topological polar surface area (TPSA) is 12.0 Å². The van der Waals surface area contributed by atoms with Crippen LogP contribution < -0.4 is 5.32 Å². The molecule has 1 aromatic carbocycles. The Morgan fingerprint density at radius 2 is 1.84 bits per heavy atom. The number of hydrogen-bond donors (Lipinski definition) is 1. The summed E-state index contributed by atoms with van der Waals surface area (Å²) in [5.74, 6) is 0.933. The average Bonchev–Trinajstić information content (AvgIpc) is 2.48. The maximum atomic E-state index is 3.81. The van der Waals surface area contributed by atoms with E-state index in [1.165, 1.54) is 63.5 Å². The van der Waals surface area contributed by atoms with E-state index in [2.05, 4.69) is 42.6 Å². The van der Waals surface area contributed by atoms with Crippen LogP contribution in [0.25, 0.3) is 0 Å². The molecule has 106 valence electrons. The fraction of sp³-hybridized carbons (Fsp3) is 0.667. The Balaban J connectivity index is 1.58. The Labute approximate surface area is 118 Å². The molecule has 0 heterocycles. The lowest BCUT2D eigenvalue weighted by molar-refractivity contribution is 0.255. The van der Waals surface area contributed by atoms with Crippen LogP contribution in [0, 0.1) is 5.92 Å². The zero-order valence-corrected chi connectivity index (χ0v) is 12.4. The number of rotatable bonds is 7. The summed E-state index contributed by atoms with van der Waals surface area (Å²) in [6, 6.07) is 11.7. The highest BCUT2D eigenvalue weighted by atomic mass is 14.9. The van der Waals surface area contributed by atoms with Crippen molar-refractivity contribution >= 4 is 0 Å². The first-order valence-electron chi connectivity index (χ1n) is 8.17. The minimum atomic E-state index is 0.801. The zero-order chi connectivity index (χ0) is 13.3. The molecule has 1 aliphatic carbocycles. The molecule has 0 spiro atoms. The molecule has 2 atom stereocenters. The smallest absolute Gasteiger partial charge is 0.00952 e. The van der Waals surface area contributed by atoms with Gasteiger partial charge in [-0.2, -0.15) is 0 Å². The summed E-state index contributed by atoms with van der Waals surface area (Å²) in [6.45, 7) is 3.55. The number of benzene rings is 1. The van der Waals surface area contributed by atoms with E-state index in [4.69, 9.17) is 0 Å². The van der Waals surface area contributed by atoms with Crippen molar-refractivity contribution in [2.45, 2.75) is 64.3 Å². The second kappa shape index (κ2) is 8.37. The van der Waals surface area contributed by atoms with Crippen molar-refractivity contribution in [1.82, 2.24) is 5.32 Å². The van der Waals surface area contributed by atoms with E-state index in [-0.39, 0.29) is 0 Å². The van der Waals surface area contributed by atoms with Crippen molar-refractivity contribution in [3.05, 3.63) is 35.9 Å². The third-order valence-electron chi connectivity index (χ3n) is 4.58. The lowest BCUT2D eigenvalue weighted by Crippen LogP contribution is -2.38. The van der Waals surface area contributed by atoms with E-state index in [0.717, 1.165) is 12.0 Å². The maximum Gasteiger partial charge on any atom is 0.00952 e. The van der Waals surface area contributed by atoms with Crippen molar-refractivity contribution in [2.24, 2.45) is 5.92 Å². The van der Waals surface area contributed by atoms with E-state index in [0.29, 0.717) is 0 Å². The Morgan fingerprint density at radius 1 is 1.05 bits per heavy atom. The van der Waals surface area contributed by atoms with Crippen LogP contribution in [0.5, 0.6) is 0 Å². The van der Waals surface area contributed by atoms with Crippen LogP contribution >= 0.6 is 0 Å².